The predicted octanol–water partition coefficient (Wildman–Crippen LogP) is 3.25. The Kier molecular flexibility index (Phi) is 6.10. The van der Waals surface area contributed by atoms with E-state index in [0.717, 1.165) is 30.7 Å². The number of morpholine rings is 1. The third-order valence-electron chi connectivity index (χ3n) is 4.43. The summed E-state index contributed by atoms with van der Waals surface area (Å²) in [5.74, 6) is 2.45. The Labute approximate surface area is 172 Å². The zero-order valence-corrected chi connectivity index (χ0v) is 17.2. The van der Waals surface area contributed by atoms with Gasteiger partial charge in [0.1, 0.15) is 5.82 Å². The molecule has 0 unspecified atom stereocenters. The van der Waals surface area contributed by atoms with Gasteiger partial charge in [-0.25, -0.2) is 4.39 Å². The Morgan fingerprint density at radius 1 is 1.14 bits per heavy atom. The molecule has 10 heteroatoms. The molecule has 0 saturated carbocycles. The summed E-state index contributed by atoms with van der Waals surface area (Å²) in [5, 5.41) is 13.6. The smallest absolute Gasteiger partial charge is 0.237 e. The Bertz CT molecular complexity index is 937. The average molecular weight is 418 g/mol. The van der Waals surface area contributed by atoms with Crippen LogP contribution in [0.25, 0.3) is 11.4 Å². The van der Waals surface area contributed by atoms with Gasteiger partial charge < -0.3 is 14.2 Å². The fourth-order valence-electron chi connectivity index (χ4n) is 3.07. The molecule has 3 aromatic rings. The molecule has 0 amide bonds. The molecule has 1 saturated heterocycles. The van der Waals surface area contributed by atoms with Crippen molar-refractivity contribution in [1.29, 1.82) is 0 Å². The normalized spacial score (nSPS) is 14.7. The van der Waals surface area contributed by atoms with E-state index < -0.39 is 0 Å². The Morgan fingerprint density at radius 3 is 2.62 bits per heavy atom. The summed E-state index contributed by atoms with van der Waals surface area (Å²) in [4.78, 5) is 6.62. The molecule has 0 radical (unpaired) electrons. The van der Waals surface area contributed by atoms with Crippen LogP contribution in [0.15, 0.2) is 33.9 Å². The first kappa shape index (κ1) is 19.8. The number of anilines is 1. The number of nitrogens with zero attached hydrogens (tertiary/aromatic N) is 6. The second-order valence-corrected chi connectivity index (χ2v) is 8.14. The van der Waals surface area contributed by atoms with Crippen molar-refractivity contribution in [3.8, 4) is 11.4 Å². The highest BCUT2D eigenvalue weighted by Gasteiger charge is 2.22. The van der Waals surface area contributed by atoms with E-state index in [9.17, 15) is 4.39 Å². The summed E-state index contributed by atoms with van der Waals surface area (Å²) >= 11 is 1.51. The Hall–Kier alpha value is -2.46. The SMILES string of the molecule is CC(C)Cn1c(SCc2nc(-c3ccc(F)cc3)no2)nnc1N1CCOCC1. The Balaban J connectivity index is 1.48. The van der Waals surface area contributed by atoms with E-state index in [4.69, 9.17) is 9.26 Å². The number of ether oxygens (including phenoxy) is 1. The van der Waals surface area contributed by atoms with Gasteiger partial charge in [0.05, 0.1) is 19.0 Å². The molecule has 3 heterocycles. The summed E-state index contributed by atoms with van der Waals surface area (Å²) in [6.07, 6.45) is 0. The van der Waals surface area contributed by atoms with Crippen LogP contribution in [0.4, 0.5) is 10.3 Å². The van der Waals surface area contributed by atoms with Crippen LogP contribution in [0, 0.1) is 11.7 Å². The second kappa shape index (κ2) is 8.91. The lowest BCUT2D eigenvalue weighted by molar-refractivity contribution is 0.121. The van der Waals surface area contributed by atoms with E-state index in [1.165, 1.54) is 23.9 Å². The molecule has 2 aromatic heterocycles. The topological polar surface area (TPSA) is 82.1 Å². The van der Waals surface area contributed by atoms with Gasteiger partial charge in [-0.05, 0) is 30.2 Å². The first-order chi connectivity index (χ1) is 14.1. The largest absolute Gasteiger partial charge is 0.378 e. The molecule has 29 heavy (non-hydrogen) atoms. The van der Waals surface area contributed by atoms with E-state index in [-0.39, 0.29) is 5.82 Å². The first-order valence-corrected chi connectivity index (χ1v) is 10.6. The van der Waals surface area contributed by atoms with E-state index in [1.54, 1.807) is 12.1 Å². The summed E-state index contributed by atoms with van der Waals surface area (Å²) in [6, 6.07) is 6.01. The maximum absolute atomic E-state index is 13.1. The van der Waals surface area contributed by atoms with Crippen molar-refractivity contribution in [3.63, 3.8) is 0 Å². The lowest BCUT2D eigenvalue weighted by atomic mass is 10.2. The van der Waals surface area contributed by atoms with Gasteiger partial charge in [-0.15, -0.1) is 10.2 Å². The van der Waals surface area contributed by atoms with Crippen LogP contribution < -0.4 is 4.90 Å². The van der Waals surface area contributed by atoms with Gasteiger partial charge in [0, 0.05) is 25.2 Å². The van der Waals surface area contributed by atoms with Crippen molar-refractivity contribution in [1.82, 2.24) is 24.9 Å². The fraction of sp³-hybridized carbons (Fsp3) is 0.474. The fourth-order valence-corrected chi connectivity index (χ4v) is 3.85. The summed E-state index contributed by atoms with van der Waals surface area (Å²) in [6.45, 7) is 8.19. The summed E-state index contributed by atoms with van der Waals surface area (Å²) in [5.41, 5.74) is 0.712. The minimum absolute atomic E-state index is 0.298. The first-order valence-electron chi connectivity index (χ1n) is 9.57. The Morgan fingerprint density at radius 2 is 1.90 bits per heavy atom. The van der Waals surface area contributed by atoms with Crippen molar-refractivity contribution in [2.45, 2.75) is 31.3 Å². The predicted molar refractivity (Wildman–Crippen MR) is 107 cm³/mol. The van der Waals surface area contributed by atoms with E-state index in [2.05, 4.69) is 43.7 Å². The van der Waals surface area contributed by atoms with E-state index >= 15 is 0 Å². The summed E-state index contributed by atoms with van der Waals surface area (Å²) < 4.78 is 26.0. The number of hydrogen-bond acceptors (Lipinski definition) is 8. The average Bonchev–Trinajstić information content (AvgIpc) is 3.34. The van der Waals surface area contributed by atoms with Crippen molar-refractivity contribution in [2.75, 3.05) is 31.2 Å². The number of halogens is 1. The molecule has 1 aliphatic heterocycles. The minimum atomic E-state index is -0.298. The van der Waals surface area contributed by atoms with Crippen molar-refractivity contribution >= 4 is 17.7 Å². The molecule has 0 atom stereocenters. The number of hydrogen-bond donors (Lipinski definition) is 0. The van der Waals surface area contributed by atoms with Crippen LogP contribution in [0.5, 0.6) is 0 Å². The lowest BCUT2D eigenvalue weighted by Gasteiger charge is -2.28. The third-order valence-corrected chi connectivity index (χ3v) is 5.39. The van der Waals surface area contributed by atoms with E-state index in [0.29, 0.717) is 42.2 Å². The lowest BCUT2D eigenvalue weighted by Crippen LogP contribution is -2.38. The molecular formula is C19H23FN6O2S. The van der Waals surface area contributed by atoms with Crippen molar-refractivity contribution in [2.24, 2.45) is 5.92 Å². The van der Waals surface area contributed by atoms with Crippen LogP contribution in [0.3, 0.4) is 0 Å². The molecule has 1 aliphatic rings. The maximum atomic E-state index is 13.1. The van der Waals surface area contributed by atoms with Gasteiger partial charge in [0.25, 0.3) is 0 Å². The van der Waals surface area contributed by atoms with Gasteiger partial charge in [0.2, 0.25) is 17.7 Å². The highest BCUT2D eigenvalue weighted by Crippen LogP contribution is 2.27. The van der Waals surface area contributed by atoms with Gasteiger partial charge in [0.15, 0.2) is 5.16 Å². The maximum Gasteiger partial charge on any atom is 0.237 e. The molecule has 1 aromatic carbocycles. The van der Waals surface area contributed by atoms with Crippen LogP contribution in [-0.4, -0.2) is 51.2 Å². The standard InChI is InChI=1S/C19H23FN6O2S/c1-13(2)11-26-18(25-7-9-27-10-8-25)22-23-19(26)29-12-16-21-17(24-28-16)14-3-5-15(20)6-4-14/h3-6,13H,7-12H2,1-2H3. The number of benzene rings is 1. The highest BCUT2D eigenvalue weighted by molar-refractivity contribution is 7.98. The molecule has 0 bridgehead atoms. The molecule has 8 nitrogen and oxygen atoms in total. The van der Waals surface area contributed by atoms with Gasteiger partial charge >= 0.3 is 0 Å². The third kappa shape index (κ3) is 4.76. The van der Waals surface area contributed by atoms with Crippen LogP contribution >= 0.6 is 11.8 Å². The zero-order chi connectivity index (χ0) is 20.2. The molecule has 0 aliphatic carbocycles. The van der Waals surface area contributed by atoms with Crippen molar-refractivity contribution in [3.05, 3.63) is 36.0 Å². The second-order valence-electron chi connectivity index (χ2n) is 7.19. The molecule has 4 rings (SSSR count). The molecule has 1 fully saturated rings. The zero-order valence-electron chi connectivity index (χ0n) is 16.4. The van der Waals surface area contributed by atoms with Crippen LogP contribution in [-0.2, 0) is 17.0 Å². The highest BCUT2D eigenvalue weighted by atomic mass is 32.2. The van der Waals surface area contributed by atoms with Gasteiger partial charge in [-0.3, -0.25) is 4.57 Å². The number of rotatable bonds is 7. The molecule has 154 valence electrons. The number of aromatic nitrogens is 5. The quantitative estimate of drug-likeness (QED) is 0.541. The summed E-state index contributed by atoms with van der Waals surface area (Å²) in [7, 11) is 0. The van der Waals surface area contributed by atoms with Gasteiger partial charge in [-0.2, -0.15) is 4.98 Å². The van der Waals surface area contributed by atoms with Crippen LogP contribution in [0.1, 0.15) is 19.7 Å². The number of thioether (sulfide) groups is 1. The van der Waals surface area contributed by atoms with E-state index in [1.807, 2.05) is 0 Å². The van der Waals surface area contributed by atoms with Crippen LogP contribution in [0.2, 0.25) is 0 Å². The molecular weight excluding hydrogens is 395 g/mol. The minimum Gasteiger partial charge on any atom is -0.378 e. The van der Waals surface area contributed by atoms with Gasteiger partial charge in [-0.1, -0.05) is 30.8 Å². The molecule has 0 spiro atoms. The monoisotopic (exact) mass is 418 g/mol. The molecule has 0 N–H and O–H groups in total. The van der Waals surface area contributed by atoms with Crippen molar-refractivity contribution < 1.29 is 13.7 Å².